The molecule has 0 saturated heterocycles. The highest BCUT2D eigenvalue weighted by molar-refractivity contribution is 8.27. The first-order valence-electron chi connectivity index (χ1n) is 12.3. The van der Waals surface area contributed by atoms with Crippen LogP contribution in [0.1, 0.15) is 25.0 Å². The van der Waals surface area contributed by atoms with Crippen molar-refractivity contribution in [2.45, 2.75) is 53.0 Å². The Morgan fingerprint density at radius 1 is 0.500 bits per heavy atom. The summed E-state index contributed by atoms with van der Waals surface area (Å²) in [4.78, 5) is 19.8. The van der Waals surface area contributed by atoms with E-state index in [4.69, 9.17) is 38.1 Å². The molecule has 0 bridgehead atoms. The van der Waals surface area contributed by atoms with Gasteiger partial charge in [-0.2, -0.15) is 35.2 Å². The number of fused-ring (bicyclic) bond motifs is 5. The monoisotopic (exact) mass is 772 g/mol. The van der Waals surface area contributed by atoms with E-state index < -0.39 is 11.6 Å². The van der Waals surface area contributed by atoms with Gasteiger partial charge in [0.15, 0.2) is 17.3 Å². The molecule has 2 aromatic rings. The Bertz CT molecular complexity index is 2360. The topological polar surface area (TPSA) is 93.2 Å². The van der Waals surface area contributed by atoms with Crippen LogP contribution in [0.15, 0.2) is 79.0 Å². The minimum atomic E-state index is -0.622. The van der Waals surface area contributed by atoms with Gasteiger partial charge in [-0.25, -0.2) is 13.6 Å². The fourth-order valence-corrected chi connectivity index (χ4v) is 14.2. The molecule has 4 heterocycles. The van der Waals surface area contributed by atoms with Crippen LogP contribution in [0.25, 0.3) is 24.2 Å². The maximum Gasteiger partial charge on any atom is 0.540 e. The number of benzene rings is 2. The molecule has 6 rings (SSSR count). The molecule has 0 aromatic heterocycles. The molecule has 4 aliphatic rings. The van der Waals surface area contributed by atoms with E-state index in [2.05, 4.69) is 30.3 Å². The van der Waals surface area contributed by atoms with Crippen LogP contribution < -0.4 is 0 Å². The summed E-state index contributed by atoms with van der Waals surface area (Å²) in [6.07, 6.45) is 0. The molecule has 2 aromatic carbocycles. The molecule has 0 amide bonds. The summed E-state index contributed by atoms with van der Waals surface area (Å²) in [5.74, 6) is -1.30. The quantitative estimate of drug-likeness (QED) is 0.189. The van der Waals surface area contributed by atoms with Crippen LogP contribution in [0, 0.1) is 78.5 Å². The maximum absolute atomic E-state index is 14.9. The molecule has 0 N–H and O–H groups in total. The molecule has 0 atom stereocenters. The van der Waals surface area contributed by atoms with Crippen molar-refractivity contribution < 1.29 is 8.78 Å². The normalized spacial score (nSPS) is 16.3. The first-order valence-corrected chi connectivity index (χ1v) is 18.8. The van der Waals surface area contributed by atoms with Gasteiger partial charge in [-0.1, -0.05) is 94.1 Å². The lowest BCUT2D eigenvalue weighted by atomic mass is 10.2. The third-order valence-corrected chi connectivity index (χ3v) is 16.9. The highest BCUT2D eigenvalue weighted by Gasteiger charge is 2.39. The summed E-state index contributed by atoms with van der Waals surface area (Å²) >= 11 is 9.25. The van der Waals surface area contributed by atoms with E-state index >= 15 is 0 Å². The minimum Gasteiger partial charge on any atom is -0.241 e. The molecule has 0 unspecified atom stereocenters. The number of allylic oxidation sites excluding steroid dienone is 2. The van der Waals surface area contributed by atoms with Gasteiger partial charge in [0.25, 0.3) is 0 Å². The third kappa shape index (κ3) is 6.05. The van der Waals surface area contributed by atoms with Gasteiger partial charge < -0.3 is 0 Å². The van der Waals surface area contributed by atoms with Gasteiger partial charge in [-0.3, -0.25) is 0 Å². The minimum absolute atomic E-state index is 0.0458. The van der Waals surface area contributed by atoms with Gasteiger partial charge >= 0.3 is 11.6 Å². The Morgan fingerprint density at radius 3 is 1.35 bits per heavy atom. The average molecular weight is 773 g/mol. The number of thioether (sulfide) groups is 8. The number of nitriles is 3. The summed E-state index contributed by atoms with van der Waals surface area (Å²) in [6.45, 7) is 38.7. The van der Waals surface area contributed by atoms with Crippen molar-refractivity contribution in [3.63, 3.8) is 0 Å². The Kier molecular flexibility index (Phi) is 10.7. The summed E-state index contributed by atoms with van der Waals surface area (Å²) in [6, 6.07) is 6.06. The van der Waals surface area contributed by atoms with Crippen LogP contribution in [0.2, 0.25) is 0 Å². The average Bonchev–Trinajstić information content (AvgIpc) is 3.91. The lowest BCUT2D eigenvalue weighted by molar-refractivity contribution is 0.559. The second kappa shape index (κ2) is 14.6. The van der Waals surface area contributed by atoms with Crippen molar-refractivity contribution in [3.05, 3.63) is 120 Å². The van der Waals surface area contributed by atoms with E-state index in [1.54, 1.807) is 13.8 Å². The van der Waals surface area contributed by atoms with Gasteiger partial charge in [-0.05, 0) is 13.8 Å². The molecule has 18 heteroatoms. The first-order chi connectivity index (χ1) is 23.1. The van der Waals surface area contributed by atoms with Gasteiger partial charge in [0, 0.05) is 30.1 Å². The number of halogens is 2. The Morgan fingerprint density at radius 2 is 0.875 bits per heavy atom. The van der Waals surface area contributed by atoms with Crippen molar-refractivity contribution >= 4 is 94.1 Å². The smallest absolute Gasteiger partial charge is 0.241 e. The van der Waals surface area contributed by atoms with Crippen molar-refractivity contribution in [2.75, 3.05) is 0 Å². The summed E-state index contributed by atoms with van der Waals surface area (Å²) in [7, 11) is 0. The lowest BCUT2D eigenvalue weighted by Gasteiger charge is -2.07. The molecule has 0 saturated carbocycles. The molecule has 48 heavy (non-hydrogen) atoms. The van der Waals surface area contributed by atoms with Gasteiger partial charge in [0.2, 0.25) is 0 Å². The molecule has 0 aliphatic carbocycles. The first kappa shape index (κ1) is 35.3. The van der Waals surface area contributed by atoms with E-state index in [-0.39, 0.29) is 27.0 Å². The number of nitrogens with zero attached hydrogens (tertiary/aromatic N) is 8. The number of hydrogen-bond acceptors (Lipinski definition) is 11. The van der Waals surface area contributed by atoms with Crippen molar-refractivity contribution in [3.8, 4) is 18.2 Å². The van der Waals surface area contributed by atoms with E-state index in [1.165, 1.54) is 47.0 Å². The van der Waals surface area contributed by atoms with Crippen LogP contribution in [0.4, 0.5) is 8.78 Å². The van der Waals surface area contributed by atoms with Crippen LogP contribution in [-0.2, 0) is 0 Å². The summed E-state index contributed by atoms with van der Waals surface area (Å²) < 4.78 is 31.9. The molecule has 0 radical (unpaired) electrons. The van der Waals surface area contributed by atoms with Crippen LogP contribution in [0.3, 0.4) is 0 Å². The predicted molar refractivity (Wildman–Crippen MR) is 187 cm³/mol. The predicted octanol–water partition coefficient (Wildman–Crippen LogP) is 12.0. The summed E-state index contributed by atoms with van der Waals surface area (Å²) in [5, 5.41) is 27.9. The zero-order valence-electron chi connectivity index (χ0n) is 23.6. The van der Waals surface area contributed by atoms with E-state index in [9.17, 15) is 19.3 Å². The highest BCUT2D eigenvalue weighted by atomic mass is 32.2. The molecule has 4 aliphatic heterocycles. The largest absolute Gasteiger partial charge is 0.540 e. The highest BCUT2D eigenvalue weighted by Crippen LogP contribution is 2.65. The third-order valence-electron chi connectivity index (χ3n) is 6.04. The zero-order chi connectivity index (χ0) is 34.9. The van der Waals surface area contributed by atoms with E-state index in [0.29, 0.717) is 54.0 Å². The molecule has 0 fully saturated rings. The fraction of sp³-hybridized carbons (Fsp3) is 0.0667. The van der Waals surface area contributed by atoms with Crippen molar-refractivity contribution in [2.24, 2.45) is 0 Å². The zero-order valence-corrected chi connectivity index (χ0v) is 30.1. The fourth-order valence-electron chi connectivity index (χ4n) is 3.85. The summed E-state index contributed by atoms with van der Waals surface area (Å²) in [5.41, 5.74) is 1.26. The van der Waals surface area contributed by atoms with Crippen molar-refractivity contribution in [1.82, 2.24) is 0 Å². The maximum atomic E-state index is 14.9. The molecular formula is C30H6F2N8S8. The van der Waals surface area contributed by atoms with Gasteiger partial charge in [-0.15, -0.1) is 0 Å². The lowest BCUT2D eigenvalue weighted by Crippen LogP contribution is -1.92. The SMILES string of the molecule is [C-]#[N+]C([N+]#[C-])=C1Sc2c(F)c(C#N)c3c(c2S1)S/C(=C(/C)[N+]#[C-])S3.[C-]#[N+]C([N+]#[C-])=C1Sc2c(F)c3c(c(C#N)c2S1)S/C(=C(\C)C#N)S3. The van der Waals surface area contributed by atoms with Crippen LogP contribution >= 0.6 is 94.1 Å². The van der Waals surface area contributed by atoms with E-state index in [1.807, 2.05) is 12.1 Å². The second-order valence-electron chi connectivity index (χ2n) is 8.73. The van der Waals surface area contributed by atoms with Crippen LogP contribution in [-0.4, -0.2) is 0 Å². The number of hydrogen-bond donors (Lipinski definition) is 0. The molecular weight excluding hydrogens is 767 g/mol. The second-order valence-corrected chi connectivity index (χ2v) is 17.9. The van der Waals surface area contributed by atoms with Gasteiger partial charge in [0.05, 0.1) is 41.4 Å². The van der Waals surface area contributed by atoms with E-state index in [0.717, 1.165) is 56.2 Å². The molecule has 8 nitrogen and oxygen atoms in total. The number of rotatable bonds is 0. The van der Waals surface area contributed by atoms with Crippen LogP contribution in [0.5, 0.6) is 0 Å². The molecule has 0 spiro atoms. The molecule has 228 valence electrons. The standard InChI is InChI=1S/2C15H3FN4S4/c1-6(18-2)14-21-9-7(5-17)8(16)10-12(11(9)23-14)24-15(22-10)13(19-3)20-4;1-6(4-17)14-21-9-7(5-18)10-12(8(16)11(9)23-14)24-15(22-10)13(19-2)20-3/h2*1H3/b2*14-6-. The Hall–Kier alpha value is -4.02. The Labute approximate surface area is 307 Å². The Balaban J connectivity index is 0.000000188. The van der Waals surface area contributed by atoms with Crippen molar-refractivity contribution in [1.29, 1.82) is 15.8 Å². The van der Waals surface area contributed by atoms with Gasteiger partial charge in [0.1, 0.15) is 52.5 Å².